The monoisotopic (exact) mass is 254 g/mol. The maximum Gasteiger partial charge on any atom is 0.293 e. The van der Waals surface area contributed by atoms with Crippen LogP contribution in [0.3, 0.4) is 0 Å². The summed E-state index contributed by atoms with van der Waals surface area (Å²) < 4.78 is 9.58. The molecule has 1 aliphatic rings. The molecule has 0 amide bonds. The fraction of sp³-hybridized carbons (Fsp3) is 0.900. The highest BCUT2D eigenvalue weighted by Gasteiger charge is 2.22. The molecule has 0 bridgehead atoms. The Labute approximate surface area is 103 Å². The van der Waals surface area contributed by atoms with Crippen molar-refractivity contribution in [1.82, 2.24) is 5.32 Å². The molecular formula is C10H23ClN2O3. The van der Waals surface area contributed by atoms with Crippen molar-refractivity contribution in [3.05, 3.63) is 0 Å². The smallest absolute Gasteiger partial charge is 0.293 e. The minimum Gasteiger partial charge on any atom is -0.462 e. The molecule has 1 aliphatic heterocycles. The Bertz CT molecular complexity index is 185. The van der Waals surface area contributed by atoms with E-state index in [1.807, 2.05) is 20.8 Å². The van der Waals surface area contributed by atoms with Gasteiger partial charge in [-0.1, -0.05) is 0 Å². The summed E-state index contributed by atoms with van der Waals surface area (Å²) >= 11 is 0. The molecule has 1 fully saturated rings. The van der Waals surface area contributed by atoms with Crippen molar-refractivity contribution in [1.29, 1.82) is 0 Å². The van der Waals surface area contributed by atoms with Gasteiger partial charge >= 0.3 is 0 Å². The zero-order valence-corrected chi connectivity index (χ0v) is 11.2. The third-order valence-electron chi connectivity index (χ3n) is 1.91. The van der Waals surface area contributed by atoms with Crippen LogP contribution < -0.4 is 11.1 Å². The Balaban J connectivity index is 0. The minimum absolute atomic E-state index is 0. The molecule has 0 radical (unpaired) electrons. The Hall–Kier alpha value is -0.360. The van der Waals surface area contributed by atoms with Gasteiger partial charge in [0, 0.05) is 26.2 Å². The second-order valence-electron chi connectivity index (χ2n) is 4.42. The van der Waals surface area contributed by atoms with Crippen molar-refractivity contribution in [2.24, 2.45) is 5.73 Å². The first-order valence-corrected chi connectivity index (χ1v) is 5.01. The molecule has 0 aliphatic carbocycles. The first kappa shape index (κ1) is 18.0. The molecule has 0 unspecified atom stereocenters. The van der Waals surface area contributed by atoms with E-state index in [0.29, 0.717) is 6.47 Å². The van der Waals surface area contributed by atoms with Gasteiger partial charge in [0.15, 0.2) is 0 Å². The number of halogens is 1. The van der Waals surface area contributed by atoms with Crippen molar-refractivity contribution in [2.45, 2.75) is 38.5 Å². The third-order valence-corrected chi connectivity index (χ3v) is 1.91. The molecule has 98 valence electrons. The van der Waals surface area contributed by atoms with E-state index >= 15 is 0 Å². The quantitative estimate of drug-likeness (QED) is 0.694. The Kier molecular flexibility index (Phi) is 9.86. The molecule has 0 aromatic heterocycles. The Morgan fingerprint density at radius 3 is 2.06 bits per heavy atom. The van der Waals surface area contributed by atoms with Crippen molar-refractivity contribution in [3.63, 3.8) is 0 Å². The van der Waals surface area contributed by atoms with Crippen molar-refractivity contribution in [2.75, 3.05) is 20.2 Å². The average molecular weight is 255 g/mol. The third kappa shape index (κ3) is 8.91. The number of carbonyl (C=O) groups is 1. The van der Waals surface area contributed by atoms with E-state index in [4.69, 9.17) is 10.5 Å². The highest BCUT2D eigenvalue weighted by Crippen LogP contribution is 2.02. The van der Waals surface area contributed by atoms with Crippen LogP contribution in [0.15, 0.2) is 0 Å². The van der Waals surface area contributed by atoms with E-state index < -0.39 is 0 Å². The molecule has 0 aromatic carbocycles. The fourth-order valence-corrected chi connectivity index (χ4v) is 1.08. The SMILES string of the molecule is CC(C)(C)OC=O.CO[C@@H]1CNC[C@H]1N.Cl. The summed E-state index contributed by atoms with van der Waals surface area (Å²) in [6, 6.07) is 0.194. The van der Waals surface area contributed by atoms with Crippen LogP contribution in [0, 0.1) is 0 Å². The summed E-state index contributed by atoms with van der Waals surface area (Å²) in [5, 5.41) is 3.12. The van der Waals surface area contributed by atoms with E-state index in [0.717, 1.165) is 13.1 Å². The zero-order valence-electron chi connectivity index (χ0n) is 10.4. The molecule has 0 saturated carbocycles. The van der Waals surface area contributed by atoms with Crippen LogP contribution in [0.1, 0.15) is 20.8 Å². The largest absolute Gasteiger partial charge is 0.462 e. The number of nitrogens with one attached hydrogen (secondary N) is 1. The molecule has 2 atom stereocenters. The van der Waals surface area contributed by atoms with Crippen LogP contribution in [0.2, 0.25) is 0 Å². The number of ether oxygens (including phenoxy) is 2. The molecule has 3 N–H and O–H groups in total. The predicted molar refractivity (Wildman–Crippen MR) is 65.8 cm³/mol. The maximum atomic E-state index is 9.60. The Morgan fingerprint density at radius 2 is 1.94 bits per heavy atom. The summed E-state index contributed by atoms with van der Waals surface area (Å²) in [5.41, 5.74) is 5.28. The van der Waals surface area contributed by atoms with Crippen LogP contribution in [-0.4, -0.2) is 44.4 Å². The van der Waals surface area contributed by atoms with Gasteiger partial charge in [0.25, 0.3) is 6.47 Å². The first-order valence-electron chi connectivity index (χ1n) is 5.01. The van der Waals surface area contributed by atoms with Crippen molar-refractivity contribution >= 4 is 18.9 Å². The molecular weight excluding hydrogens is 232 g/mol. The molecule has 0 aromatic rings. The summed E-state index contributed by atoms with van der Waals surface area (Å²) in [6.45, 7) is 7.71. The lowest BCUT2D eigenvalue weighted by molar-refractivity contribution is -0.138. The summed E-state index contributed by atoms with van der Waals surface area (Å²) in [5.74, 6) is 0. The molecule has 1 saturated heterocycles. The van der Waals surface area contributed by atoms with Crippen molar-refractivity contribution < 1.29 is 14.3 Å². The van der Waals surface area contributed by atoms with Gasteiger partial charge in [-0.15, -0.1) is 12.4 Å². The fourth-order valence-electron chi connectivity index (χ4n) is 1.08. The summed E-state index contributed by atoms with van der Waals surface area (Å²) in [6.07, 6.45) is 0.231. The minimum atomic E-state index is -0.318. The van der Waals surface area contributed by atoms with E-state index in [2.05, 4.69) is 10.1 Å². The lowest BCUT2D eigenvalue weighted by Gasteiger charge is -2.14. The van der Waals surface area contributed by atoms with Gasteiger partial charge in [0.2, 0.25) is 0 Å². The Morgan fingerprint density at radius 1 is 1.38 bits per heavy atom. The molecule has 1 heterocycles. The molecule has 16 heavy (non-hydrogen) atoms. The number of methoxy groups -OCH3 is 1. The first-order chi connectivity index (χ1) is 6.90. The number of hydrogen-bond acceptors (Lipinski definition) is 5. The van der Waals surface area contributed by atoms with Gasteiger partial charge in [-0.2, -0.15) is 0 Å². The van der Waals surface area contributed by atoms with Crippen LogP contribution in [0.4, 0.5) is 0 Å². The highest BCUT2D eigenvalue weighted by molar-refractivity contribution is 5.85. The van der Waals surface area contributed by atoms with Crippen LogP contribution in [0.25, 0.3) is 0 Å². The van der Waals surface area contributed by atoms with Gasteiger partial charge < -0.3 is 20.5 Å². The van der Waals surface area contributed by atoms with Gasteiger partial charge in [-0.25, -0.2) is 0 Å². The number of carbonyl (C=O) groups excluding carboxylic acids is 1. The average Bonchev–Trinajstić information content (AvgIpc) is 2.49. The normalized spacial score (nSPS) is 23.8. The van der Waals surface area contributed by atoms with Gasteiger partial charge in [0.1, 0.15) is 5.60 Å². The topological polar surface area (TPSA) is 73.6 Å². The molecule has 1 rings (SSSR count). The van der Waals surface area contributed by atoms with E-state index in [1.165, 1.54) is 0 Å². The zero-order chi connectivity index (χ0) is 11.9. The van der Waals surface area contributed by atoms with Crippen LogP contribution >= 0.6 is 12.4 Å². The van der Waals surface area contributed by atoms with Gasteiger partial charge in [-0.3, -0.25) is 4.79 Å². The van der Waals surface area contributed by atoms with E-state index in [-0.39, 0.29) is 30.2 Å². The molecule has 5 nitrogen and oxygen atoms in total. The number of nitrogens with two attached hydrogens (primary N) is 1. The highest BCUT2D eigenvalue weighted by atomic mass is 35.5. The van der Waals surface area contributed by atoms with E-state index in [1.54, 1.807) is 7.11 Å². The molecule has 0 spiro atoms. The molecule has 6 heteroatoms. The van der Waals surface area contributed by atoms with E-state index in [9.17, 15) is 4.79 Å². The van der Waals surface area contributed by atoms with Crippen molar-refractivity contribution in [3.8, 4) is 0 Å². The lowest BCUT2D eigenvalue weighted by atomic mass is 10.2. The lowest BCUT2D eigenvalue weighted by Crippen LogP contribution is -2.34. The summed E-state index contributed by atoms with van der Waals surface area (Å²) in [7, 11) is 1.69. The number of hydrogen-bond donors (Lipinski definition) is 2. The van der Waals surface area contributed by atoms with Gasteiger partial charge in [0.05, 0.1) is 6.10 Å². The van der Waals surface area contributed by atoms with Crippen LogP contribution in [-0.2, 0) is 14.3 Å². The maximum absolute atomic E-state index is 9.60. The second-order valence-corrected chi connectivity index (χ2v) is 4.42. The summed E-state index contributed by atoms with van der Waals surface area (Å²) in [4.78, 5) is 9.60. The predicted octanol–water partition coefficient (Wildman–Crippen LogP) is 0.312. The standard InChI is InChI=1S/C5H12N2O.C5H10O2.ClH/c1-8-5-3-7-2-4(5)6;1-5(2,3)7-4-6;/h4-5,7H,2-3,6H2,1H3;4H,1-3H3;1H/t4-,5-;;/m1../s1. The number of rotatable bonds is 2. The second kappa shape index (κ2) is 8.75. The van der Waals surface area contributed by atoms with Crippen LogP contribution in [0.5, 0.6) is 0 Å². The van der Waals surface area contributed by atoms with Gasteiger partial charge in [-0.05, 0) is 20.8 Å².